The highest BCUT2D eigenvalue weighted by atomic mass is 16.3. The molecule has 2 amide bonds. The molecule has 0 aliphatic heterocycles. The number of carbonyl (C=O) groups is 1. The molecule has 0 radical (unpaired) electrons. The minimum atomic E-state index is -0.402. The van der Waals surface area contributed by atoms with E-state index < -0.39 is 6.10 Å². The molecule has 0 heterocycles. The zero-order chi connectivity index (χ0) is 18.6. The van der Waals surface area contributed by atoms with Crippen LogP contribution in [0.4, 0.5) is 4.79 Å². The molecule has 0 unspecified atom stereocenters. The second kappa shape index (κ2) is 11.9. The van der Waals surface area contributed by atoms with Gasteiger partial charge < -0.3 is 15.3 Å². The molecule has 2 atom stereocenters. The molecule has 1 aromatic carbocycles. The first kappa shape index (κ1) is 20.8. The molecule has 0 spiro atoms. The van der Waals surface area contributed by atoms with Crippen molar-refractivity contribution in [2.75, 3.05) is 6.54 Å². The van der Waals surface area contributed by atoms with Crippen LogP contribution < -0.4 is 5.32 Å². The van der Waals surface area contributed by atoms with E-state index in [9.17, 15) is 9.90 Å². The largest absolute Gasteiger partial charge is 0.391 e. The number of aliphatic hydroxyl groups excluding tert-OH is 1. The van der Waals surface area contributed by atoms with Gasteiger partial charge in [-0.25, -0.2) is 4.79 Å². The highest BCUT2D eigenvalue weighted by Crippen LogP contribution is 2.19. The first-order valence-corrected chi connectivity index (χ1v) is 10.5. The summed E-state index contributed by atoms with van der Waals surface area (Å²) in [5.41, 5.74) is 1.15. The molecule has 1 fully saturated rings. The van der Waals surface area contributed by atoms with Crippen LogP contribution in [0.1, 0.15) is 76.7 Å². The Morgan fingerprint density at radius 2 is 1.77 bits per heavy atom. The summed E-state index contributed by atoms with van der Waals surface area (Å²) < 4.78 is 0. The van der Waals surface area contributed by atoms with E-state index in [-0.39, 0.29) is 12.1 Å². The van der Waals surface area contributed by atoms with Gasteiger partial charge >= 0.3 is 6.03 Å². The number of hydrogen-bond acceptors (Lipinski definition) is 2. The smallest absolute Gasteiger partial charge is 0.318 e. The second-order valence-corrected chi connectivity index (χ2v) is 7.58. The minimum Gasteiger partial charge on any atom is -0.391 e. The van der Waals surface area contributed by atoms with Crippen LogP contribution in [0, 0.1) is 0 Å². The molecule has 0 aromatic heterocycles. The number of nitrogens with zero attached hydrogens (tertiary/aromatic N) is 1. The topological polar surface area (TPSA) is 52.6 Å². The van der Waals surface area contributed by atoms with E-state index >= 15 is 0 Å². The molecule has 0 bridgehead atoms. The Morgan fingerprint density at radius 1 is 1.08 bits per heavy atom. The number of hydrogen-bond donors (Lipinski definition) is 2. The zero-order valence-electron chi connectivity index (χ0n) is 16.3. The number of aliphatic hydroxyl groups is 1. The maximum absolute atomic E-state index is 12.8. The lowest BCUT2D eigenvalue weighted by Gasteiger charge is -2.31. The van der Waals surface area contributed by atoms with E-state index in [2.05, 4.69) is 24.4 Å². The van der Waals surface area contributed by atoms with Gasteiger partial charge in [0.15, 0.2) is 0 Å². The number of benzene rings is 1. The predicted octanol–water partition coefficient (Wildman–Crippen LogP) is 4.86. The van der Waals surface area contributed by atoms with Gasteiger partial charge in [-0.2, -0.15) is 0 Å². The molecule has 1 saturated carbocycles. The van der Waals surface area contributed by atoms with E-state index in [4.69, 9.17) is 0 Å². The first-order chi connectivity index (χ1) is 12.7. The fraction of sp³-hybridized carbons (Fsp3) is 0.682. The lowest BCUT2D eigenvalue weighted by atomic mass is 9.93. The van der Waals surface area contributed by atoms with Crippen molar-refractivity contribution in [3.63, 3.8) is 0 Å². The van der Waals surface area contributed by atoms with Gasteiger partial charge in [0.1, 0.15) is 0 Å². The Labute approximate surface area is 159 Å². The lowest BCUT2D eigenvalue weighted by molar-refractivity contribution is 0.0893. The van der Waals surface area contributed by atoms with Crippen LogP contribution in [-0.2, 0) is 6.54 Å². The predicted molar refractivity (Wildman–Crippen MR) is 107 cm³/mol. The van der Waals surface area contributed by atoms with E-state index in [1.54, 1.807) is 0 Å². The summed E-state index contributed by atoms with van der Waals surface area (Å²) in [7, 11) is 0. The minimum absolute atomic E-state index is 0.0339. The van der Waals surface area contributed by atoms with E-state index in [1.807, 2.05) is 23.1 Å². The van der Waals surface area contributed by atoms with Crippen LogP contribution in [0.3, 0.4) is 0 Å². The molecule has 26 heavy (non-hydrogen) atoms. The molecule has 146 valence electrons. The third kappa shape index (κ3) is 7.36. The van der Waals surface area contributed by atoms with Gasteiger partial charge in [0, 0.05) is 13.1 Å². The van der Waals surface area contributed by atoms with Crippen molar-refractivity contribution in [2.45, 2.75) is 89.8 Å². The molecule has 1 aromatic rings. The van der Waals surface area contributed by atoms with Crippen LogP contribution in [-0.4, -0.2) is 34.7 Å². The summed E-state index contributed by atoms with van der Waals surface area (Å²) >= 11 is 0. The number of urea groups is 1. The molecule has 4 heteroatoms. The van der Waals surface area contributed by atoms with E-state index in [0.717, 1.165) is 44.2 Å². The van der Waals surface area contributed by atoms with Gasteiger partial charge in [-0.1, -0.05) is 82.2 Å². The Kier molecular flexibility index (Phi) is 9.54. The number of carbonyl (C=O) groups excluding carboxylic acids is 1. The monoisotopic (exact) mass is 360 g/mol. The van der Waals surface area contributed by atoms with Crippen molar-refractivity contribution in [1.82, 2.24) is 10.2 Å². The molecule has 2 N–H and O–H groups in total. The number of rotatable bonds is 10. The number of unbranched alkanes of at least 4 members (excludes halogenated alkanes) is 5. The fourth-order valence-corrected chi connectivity index (χ4v) is 3.67. The Hall–Kier alpha value is -1.55. The fourth-order valence-electron chi connectivity index (χ4n) is 3.67. The summed E-state index contributed by atoms with van der Waals surface area (Å²) in [6.45, 7) is 3.63. The number of amides is 2. The van der Waals surface area contributed by atoms with Gasteiger partial charge in [0.2, 0.25) is 0 Å². The summed E-state index contributed by atoms with van der Waals surface area (Å²) in [4.78, 5) is 14.7. The van der Waals surface area contributed by atoms with Crippen molar-refractivity contribution in [3.8, 4) is 0 Å². The van der Waals surface area contributed by atoms with Crippen molar-refractivity contribution in [1.29, 1.82) is 0 Å². The highest BCUT2D eigenvalue weighted by Gasteiger charge is 2.26. The van der Waals surface area contributed by atoms with Crippen molar-refractivity contribution in [2.24, 2.45) is 0 Å². The molecular formula is C22H36N2O2. The molecule has 1 aliphatic carbocycles. The third-order valence-electron chi connectivity index (χ3n) is 5.32. The molecule has 0 saturated heterocycles. The Morgan fingerprint density at radius 3 is 2.50 bits per heavy atom. The van der Waals surface area contributed by atoms with Gasteiger partial charge in [-0.05, 0) is 24.8 Å². The van der Waals surface area contributed by atoms with Gasteiger partial charge in [-0.15, -0.1) is 0 Å². The average Bonchev–Trinajstić information content (AvgIpc) is 2.66. The summed E-state index contributed by atoms with van der Waals surface area (Å²) in [5, 5.41) is 13.2. The van der Waals surface area contributed by atoms with E-state index in [0.29, 0.717) is 6.54 Å². The van der Waals surface area contributed by atoms with Crippen LogP contribution in [0.2, 0.25) is 0 Å². The maximum atomic E-state index is 12.8. The highest BCUT2D eigenvalue weighted by molar-refractivity contribution is 5.74. The van der Waals surface area contributed by atoms with E-state index in [1.165, 1.54) is 32.1 Å². The number of nitrogens with one attached hydrogen (secondary N) is 1. The summed E-state index contributed by atoms with van der Waals surface area (Å²) in [6.07, 6.45) is 10.7. The van der Waals surface area contributed by atoms with Crippen LogP contribution in [0.5, 0.6) is 0 Å². The van der Waals surface area contributed by atoms with Gasteiger partial charge in [0.05, 0.1) is 12.1 Å². The summed E-state index contributed by atoms with van der Waals surface area (Å²) in [6, 6.07) is 10.0. The normalized spacial score (nSPS) is 19.9. The quantitative estimate of drug-likeness (QED) is 0.585. The first-order valence-electron chi connectivity index (χ1n) is 10.5. The SMILES string of the molecule is CCCCCCCCN(Cc1ccccc1)C(=O)N[C@H]1CCCC[C@@H]1O. The third-order valence-corrected chi connectivity index (χ3v) is 5.32. The molecule has 1 aliphatic rings. The molecule has 4 nitrogen and oxygen atoms in total. The van der Waals surface area contributed by atoms with Crippen LogP contribution in [0.25, 0.3) is 0 Å². The van der Waals surface area contributed by atoms with Gasteiger partial charge in [0.25, 0.3) is 0 Å². The summed E-state index contributed by atoms with van der Waals surface area (Å²) in [5.74, 6) is 0. The van der Waals surface area contributed by atoms with Crippen molar-refractivity contribution < 1.29 is 9.90 Å². The van der Waals surface area contributed by atoms with Gasteiger partial charge in [-0.3, -0.25) is 0 Å². The standard InChI is InChI=1S/C22H36N2O2/c1-2-3-4-5-6-12-17-24(18-19-13-8-7-9-14-19)22(26)23-20-15-10-11-16-21(20)25/h7-9,13-14,20-21,25H,2-6,10-12,15-18H2,1H3,(H,23,26)/t20-,21-/m0/s1. The molecule has 2 rings (SSSR count). The second-order valence-electron chi connectivity index (χ2n) is 7.58. The Bertz CT molecular complexity index is 506. The Balaban J connectivity index is 1.87. The van der Waals surface area contributed by atoms with Crippen molar-refractivity contribution in [3.05, 3.63) is 35.9 Å². The lowest BCUT2D eigenvalue weighted by Crippen LogP contribution is -2.50. The molecular weight excluding hydrogens is 324 g/mol. The van der Waals surface area contributed by atoms with Crippen molar-refractivity contribution >= 4 is 6.03 Å². The maximum Gasteiger partial charge on any atom is 0.318 e. The average molecular weight is 361 g/mol. The van der Waals surface area contributed by atoms with Crippen LogP contribution >= 0.6 is 0 Å². The van der Waals surface area contributed by atoms with Crippen LogP contribution in [0.15, 0.2) is 30.3 Å². The zero-order valence-corrected chi connectivity index (χ0v) is 16.3.